The van der Waals surface area contributed by atoms with Crippen LogP contribution in [0.5, 0.6) is 0 Å². The molecule has 0 radical (unpaired) electrons. The Morgan fingerprint density at radius 3 is 0.881 bits per heavy atom. The molecule has 0 unspecified atom stereocenters. The number of unbranched alkanes of at least 4 members (excludes halogenated alkanes) is 25. The van der Waals surface area contributed by atoms with E-state index in [-0.39, 0.29) is 31.1 Å². The lowest BCUT2D eigenvalue weighted by Gasteiger charge is -2.18. The van der Waals surface area contributed by atoms with Gasteiger partial charge in [-0.05, 0) is 103 Å². The summed E-state index contributed by atoms with van der Waals surface area (Å²) in [5.74, 6) is -0.943. The summed E-state index contributed by atoms with van der Waals surface area (Å²) >= 11 is 0. The summed E-state index contributed by atoms with van der Waals surface area (Å²) in [4.78, 5) is 38.1. The highest BCUT2D eigenvalue weighted by atomic mass is 16.6. The normalized spacial score (nSPS) is 12.7. The van der Waals surface area contributed by atoms with Crippen molar-refractivity contribution in [1.29, 1.82) is 0 Å². The first-order valence-corrected chi connectivity index (χ1v) is 28.1. The monoisotopic (exact) mass is 933 g/mol. The third kappa shape index (κ3) is 53.4. The van der Waals surface area contributed by atoms with Gasteiger partial charge in [0, 0.05) is 19.3 Å². The molecule has 384 valence electrons. The van der Waals surface area contributed by atoms with Crippen molar-refractivity contribution < 1.29 is 28.6 Å². The minimum atomic E-state index is -0.798. The molecule has 0 aromatic rings. The van der Waals surface area contributed by atoms with Crippen LogP contribution >= 0.6 is 0 Å². The summed E-state index contributed by atoms with van der Waals surface area (Å²) in [5, 5.41) is 0. The molecule has 0 aromatic heterocycles. The van der Waals surface area contributed by atoms with Crippen molar-refractivity contribution in [2.24, 2.45) is 0 Å². The summed E-state index contributed by atoms with van der Waals surface area (Å²) in [6.07, 6.45) is 71.3. The molecule has 0 aliphatic rings. The number of carbonyl (C=O) groups excluding carboxylic acids is 3. The Morgan fingerprint density at radius 2 is 0.537 bits per heavy atom. The average molecular weight is 933 g/mol. The Balaban J connectivity index is 4.46. The molecule has 0 saturated heterocycles. The van der Waals surface area contributed by atoms with Gasteiger partial charge >= 0.3 is 17.9 Å². The minimum absolute atomic E-state index is 0.0972. The van der Waals surface area contributed by atoms with E-state index in [1.54, 1.807) is 0 Å². The molecular weight excluding hydrogens is 829 g/mol. The van der Waals surface area contributed by atoms with Crippen molar-refractivity contribution in [2.45, 2.75) is 271 Å². The molecule has 0 aliphatic carbocycles. The Morgan fingerprint density at radius 1 is 0.299 bits per heavy atom. The van der Waals surface area contributed by atoms with Gasteiger partial charge in [-0.15, -0.1) is 0 Å². The number of allylic oxidation sites excluding steroid dienone is 14. The Labute approximate surface area is 414 Å². The highest BCUT2D eigenvalue weighted by Gasteiger charge is 2.19. The average Bonchev–Trinajstić information content (AvgIpc) is 3.33. The van der Waals surface area contributed by atoms with Crippen LogP contribution in [0, 0.1) is 0 Å². The SMILES string of the molecule is CCCCC/C=C\C/C=C\C/C=C\C/C=C\CCCCCC(=O)OC[C@H](COC(=O)CCCCCC/C=C\C/C=C\C/C=C\CCCCC)OC(=O)CCCCCCCCCCCCCCC. The largest absolute Gasteiger partial charge is 0.462 e. The van der Waals surface area contributed by atoms with E-state index in [9.17, 15) is 14.4 Å². The zero-order chi connectivity index (χ0) is 48.6. The third-order valence-electron chi connectivity index (χ3n) is 11.9. The van der Waals surface area contributed by atoms with Crippen LogP contribution in [-0.2, 0) is 28.6 Å². The minimum Gasteiger partial charge on any atom is -0.462 e. The number of rotatable bonds is 50. The molecule has 0 bridgehead atoms. The van der Waals surface area contributed by atoms with Crippen LogP contribution in [0.2, 0.25) is 0 Å². The van der Waals surface area contributed by atoms with Crippen LogP contribution in [0.15, 0.2) is 85.1 Å². The summed E-state index contributed by atoms with van der Waals surface area (Å²) in [5.41, 5.74) is 0. The molecule has 0 amide bonds. The van der Waals surface area contributed by atoms with Gasteiger partial charge in [-0.3, -0.25) is 14.4 Å². The van der Waals surface area contributed by atoms with E-state index in [1.165, 1.54) is 116 Å². The first-order chi connectivity index (χ1) is 33.0. The molecule has 1 atom stereocenters. The lowest BCUT2D eigenvalue weighted by atomic mass is 10.0. The van der Waals surface area contributed by atoms with Crippen LogP contribution in [0.1, 0.15) is 265 Å². The fourth-order valence-corrected chi connectivity index (χ4v) is 7.61. The van der Waals surface area contributed by atoms with Crippen LogP contribution in [-0.4, -0.2) is 37.2 Å². The standard InChI is InChI=1S/C61H104O6/c1-4-7-10-13-16-19-22-25-27-29-30-32-34-37-39-42-45-48-51-54-60(63)66-57-58(67-61(64)55-52-49-46-43-40-35-24-21-18-15-12-9-6-3)56-65-59(62)53-50-47-44-41-38-36-33-31-28-26-23-20-17-14-11-8-5-2/h16-17,19-20,25-28,30,32-33,36-37,39,58H,4-15,18,21-24,29,31,34-35,38,40-57H2,1-3H3/b19-16-,20-17-,27-25-,28-26-,32-30-,36-33-,39-37-/t58-/m0/s1. The van der Waals surface area contributed by atoms with E-state index in [1.807, 2.05) is 0 Å². The van der Waals surface area contributed by atoms with Crippen LogP contribution in [0.25, 0.3) is 0 Å². The molecule has 0 aliphatic heterocycles. The fourth-order valence-electron chi connectivity index (χ4n) is 7.61. The topological polar surface area (TPSA) is 78.9 Å². The predicted octanol–water partition coefficient (Wildman–Crippen LogP) is 18.8. The highest BCUT2D eigenvalue weighted by molar-refractivity contribution is 5.71. The maximum atomic E-state index is 12.8. The van der Waals surface area contributed by atoms with E-state index in [0.29, 0.717) is 19.3 Å². The lowest BCUT2D eigenvalue weighted by molar-refractivity contribution is -0.167. The van der Waals surface area contributed by atoms with Crippen LogP contribution < -0.4 is 0 Å². The van der Waals surface area contributed by atoms with Crippen LogP contribution in [0.4, 0.5) is 0 Å². The predicted molar refractivity (Wildman–Crippen MR) is 288 cm³/mol. The van der Waals surface area contributed by atoms with Gasteiger partial charge in [0.2, 0.25) is 0 Å². The maximum absolute atomic E-state index is 12.8. The first-order valence-electron chi connectivity index (χ1n) is 28.1. The molecule has 67 heavy (non-hydrogen) atoms. The second kappa shape index (κ2) is 55.2. The first kappa shape index (κ1) is 63.6. The van der Waals surface area contributed by atoms with Gasteiger partial charge in [0.25, 0.3) is 0 Å². The summed E-state index contributed by atoms with van der Waals surface area (Å²) in [6, 6.07) is 0. The quantitative estimate of drug-likeness (QED) is 0.0262. The zero-order valence-electron chi connectivity index (χ0n) is 43.9. The molecule has 0 fully saturated rings. The van der Waals surface area contributed by atoms with Crippen molar-refractivity contribution in [3.05, 3.63) is 85.1 Å². The van der Waals surface area contributed by atoms with Crippen molar-refractivity contribution in [3.8, 4) is 0 Å². The lowest BCUT2D eigenvalue weighted by Crippen LogP contribution is -2.30. The van der Waals surface area contributed by atoms with Gasteiger partial charge in [0.05, 0.1) is 0 Å². The van der Waals surface area contributed by atoms with Crippen LogP contribution in [0.3, 0.4) is 0 Å². The van der Waals surface area contributed by atoms with Gasteiger partial charge in [-0.2, -0.15) is 0 Å². The number of ether oxygens (including phenoxy) is 3. The van der Waals surface area contributed by atoms with E-state index in [2.05, 4.69) is 106 Å². The zero-order valence-corrected chi connectivity index (χ0v) is 43.9. The molecule has 6 heteroatoms. The molecule has 0 spiro atoms. The van der Waals surface area contributed by atoms with Crippen molar-refractivity contribution >= 4 is 17.9 Å². The number of hydrogen-bond donors (Lipinski definition) is 0. The van der Waals surface area contributed by atoms with E-state index >= 15 is 0 Å². The molecule has 0 aromatic carbocycles. The second-order valence-corrected chi connectivity index (χ2v) is 18.5. The third-order valence-corrected chi connectivity index (χ3v) is 11.9. The fraction of sp³-hybridized carbons (Fsp3) is 0.721. The molecular formula is C61H104O6. The molecule has 0 N–H and O–H groups in total. The Bertz CT molecular complexity index is 1300. The summed E-state index contributed by atoms with van der Waals surface area (Å²) < 4.78 is 16.8. The number of esters is 3. The van der Waals surface area contributed by atoms with Gasteiger partial charge in [0.15, 0.2) is 6.10 Å². The van der Waals surface area contributed by atoms with Gasteiger partial charge in [-0.1, -0.05) is 228 Å². The van der Waals surface area contributed by atoms with Gasteiger partial charge in [0.1, 0.15) is 13.2 Å². The van der Waals surface area contributed by atoms with Crippen molar-refractivity contribution in [2.75, 3.05) is 13.2 Å². The van der Waals surface area contributed by atoms with Crippen molar-refractivity contribution in [3.63, 3.8) is 0 Å². The van der Waals surface area contributed by atoms with E-state index < -0.39 is 6.10 Å². The maximum Gasteiger partial charge on any atom is 0.306 e. The smallest absolute Gasteiger partial charge is 0.306 e. The van der Waals surface area contributed by atoms with Gasteiger partial charge in [-0.25, -0.2) is 0 Å². The van der Waals surface area contributed by atoms with E-state index in [0.717, 1.165) is 109 Å². The second-order valence-electron chi connectivity index (χ2n) is 18.5. The number of hydrogen-bond acceptors (Lipinski definition) is 6. The summed E-state index contributed by atoms with van der Waals surface area (Å²) in [6.45, 7) is 6.54. The molecule has 0 rings (SSSR count). The molecule has 0 heterocycles. The molecule has 0 saturated carbocycles. The number of carbonyl (C=O) groups is 3. The molecule has 6 nitrogen and oxygen atoms in total. The Hall–Kier alpha value is -3.41. The van der Waals surface area contributed by atoms with Gasteiger partial charge < -0.3 is 14.2 Å². The Kier molecular flexibility index (Phi) is 52.4. The highest BCUT2D eigenvalue weighted by Crippen LogP contribution is 2.15. The van der Waals surface area contributed by atoms with Crippen molar-refractivity contribution in [1.82, 2.24) is 0 Å². The van der Waals surface area contributed by atoms with E-state index in [4.69, 9.17) is 14.2 Å². The summed E-state index contributed by atoms with van der Waals surface area (Å²) in [7, 11) is 0.